The van der Waals surface area contributed by atoms with Crippen LogP contribution in [-0.2, 0) is 16.1 Å². The number of nitrogens with zero attached hydrogens (tertiary/aromatic N) is 1. The monoisotopic (exact) mass is 362 g/mol. The van der Waals surface area contributed by atoms with Crippen molar-refractivity contribution >= 4 is 22.9 Å². The molecule has 0 aliphatic heterocycles. The van der Waals surface area contributed by atoms with E-state index in [-0.39, 0.29) is 5.92 Å². The number of anilines is 1. The lowest BCUT2D eigenvalue weighted by Crippen LogP contribution is -2.45. The van der Waals surface area contributed by atoms with Gasteiger partial charge in [-0.3, -0.25) is 8.51 Å². The van der Waals surface area contributed by atoms with Crippen molar-refractivity contribution in [1.82, 2.24) is 0 Å². The van der Waals surface area contributed by atoms with Gasteiger partial charge in [0, 0.05) is 17.0 Å². The molecular weight excluding hydrogens is 342 g/mol. The Morgan fingerprint density at radius 1 is 1.08 bits per heavy atom. The molecule has 0 saturated carbocycles. The molecule has 2 rings (SSSR count). The second kappa shape index (κ2) is 8.13. The van der Waals surface area contributed by atoms with Crippen LogP contribution in [0.15, 0.2) is 48.5 Å². The van der Waals surface area contributed by atoms with Crippen molar-refractivity contribution in [2.24, 2.45) is 5.92 Å². The maximum absolute atomic E-state index is 11.6. The molecule has 0 heterocycles. The van der Waals surface area contributed by atoms with Gasteiger partial charge in [-0.25, -0.2) is 4.79 Å². The predicted molar refractivity (Wildman–Crippen MR) is 96.1 cm³/mol. The predicted octanol–water partition coefficient (Wildman–Crippen LogP) is 3.07. The largest absolute Gasteiger partial charge is 0.755 e. The molecule has 0 fully saturated rings. The number of carboxylic acid groups (broad SMARTS) is 1. The van der Waals surface area contributed by atoms with E-state index in [0.29, 0.717) is 5.69 Å². The van der Waals surface area contributed by atoms with Crippen molar-refractivity contribution in [2.45, 2.75) is 19.9 Å². The van der Waals surface area contributed by atoms with E-state index in [0.717, 1.165) is 21.2 Å². The SMILES string of the molecule is COc1ccc(-c2ccc(N(C(C(=O)O)C(C)C)S(=O)[O-])cc2)cc1. The highest BCUT2D eigenvalue weighted by Crippen LogP contribution is 2.28. The lowest BCUT2D eigenvalue weighted by atomic mass is 10.0. The van der Waals surface area contributed by atoms with Crippen LogP contribution in [0.25, 0.3) is 11.1 Å². The fraction of sp³-hybridized carbons (Fsp3) is 0.278. The summed E-state index contributed by atoms with van der Waals surface area (Å²) in [4.78, 5) is 11.5. The number of aliphatic carboxylic acids is 1. The van der Waals surface area contributed by atoms with Crippen LogP contribution in [0.4, 0.5) is 5.69 Å². The number of ether oxygens (including phenoxy) is 1. The zero-order chi connectivity index (χ0) is 18.6. The number of rotatable bonds is 7. The molecule has 0 aliphatic rings. The van der Waals surface area contributed by atoms with Crippen LogP contribution >= 0.6 is 0 Å². The van der Waals surface area contributed by atoms with Gasteiger partial charge in [0.15, 0.2) is 0 Å². The summed E-state index contributed by atoms with van der Waals surface area (Å²) in [7, 11) is 1.59. The van der Waals surface area contributed by atoms with Gasteiger partial charge in [0.1, 0.15) is 11.8 Å². The number of hydrogen-bond donors (Lipinski definition) is 1. The summed E-state index contributed by atoms with van der Waals surface area (Å²) >= 11 is -2.70. The summed E-state index contributed by atoms with van der Waals surface area (Å²) in [6.45, 7) is 3.34. The van der Waals surface area contributed by atoms with Gasteiger partial charge in [-0.2, -0.15) is 0 Å². The second-order valence-electron chi connectivity index (χ2n) is 5.85. The van der Waals surface area contributed by atoms with E-state index >= 15 is 0 Å². The molecular formula is C18H20NO5S-. The Kier molecular flexibility index (Phi) is 6.17. The molecule has 0 radical (unpaired) electrons. The van der Waals surface area contributed by atoms with E-state index in [9.17, 15) is 18.7 Å². The first-order chi connectivity index (χ1) is 11.8. The molecule has 0 amide bonds. The van der Waals surface area contributed by atoms with Crippen LogP contribution in [0, 0.1) is 5.92 Å². The highest BCUT2D eigenvalue weighted by Gasteiger charge is 2.30. The van der Waals surface area contributed by atoms with Crippen molar-refractivity contribution in [2.75, 3.05) is 11.4 Å². The average molecular weight is 362 g/mol. The number of carbonyl (C=O) groups is 1. The zero-order valence-corrected chi connectivity index (χ0v) is 15.0. The third kappa shape index (κ3) is 4.37. The van der Waals surface area contributed by atoms with E-state index in [1.807, 2.05) is 24.3 Å². The standard InChI is InChI=1S/C18H21NO5S/c1-12(2)17(18(20)21)19(25(22)23)15-8-4-13(5-9-15)14-6-10-16(24-3)11-7-14/h4-12,17H,1-3H3,(H,20,21)(H,22,23)/p-1. The van der Waals surface area contributed by atoms with Gasteiger partial charge in [-0.05, 0) is 41.3 Å². The van der Waals surface area contributed by atoms with Gasteiger partial charge in [0.2, 0.25) is 0 Å². The normalized spacial score (nSPS) is 13.3. The van der Waals surface area contributed by atoms with E-state index in [1.54, 1.807) is 45.2 Å². The Labute approximate surface area is 149 Å². The minimum atomic E-state index is -2.70. The van der Waals surface area contributed by atoms with E-state index in [2.05, 4.69) is 0 Å². The average Bonchev–Trinajstić information content (AvgIpc) is 2.59. The minimum absolute atomic E-state index is 0.312. The summed E-state index contributed by atoms with van der Waals surface area (Å²) in [6, 6.07) is 13.0. The molecule has 0 spiro atoms. The molecule has 134 valence electrons. The van der Waals surface area contributed by atoms with Crippen molar-refractivity contribution in [3.8, 4) is 16.9 Å². The van der Waals surface area contributed by atoms with Crippen molar-refractivity contribution in [3.63, 3.8) is 0 Å². The minimum Gasteiger partial charge on any atom is -0.755 e. The topological polar surface area (TPSA) is 89.9 Å². The Bertz CT molecular complexity index is 743. The van der Waals surface area contributed by atoms with E-state index < -0.39 is 23.3 Å². The summed E-state index contributed by atoms with van der Waals surface area (Å²) in [5.74, 6) is -0.815. The molecule has 2 aromatic carbocycles. The summed E-state index contributed by atoms with van der Waals surface area (Å²) in [5.41, 5.74) is 2.15. The third-order valence-corrected chi connectivity index (χ3v) is 4.60. The summed E-state index contributed by atoms with van der Waals surface area (Å²) in [6.07, 6.45) is 0. The lowest BCUT2D eigenvalue weighted by molar-refractivity contribution is -0.139. The third-order valence-electron chi connectivity index (χ3n) is 3.84. The molecule has 0 aromatic heterocycles. The number of benzene rings is 2. The highest BCUT2D eigenvalue weighted by atomic mass is 32.2. The fourth-order valence-corrected chi connectivity index (χ4v) is 3.39. The smallest absolute Gasteiger partial charge is 0.327 e. The van der Waals surface area contributed by atoms with Crippen molar-refractivity contribution < 1.29 is 23.4 Å². The second-order valence-corrected chi connectivity index (χ2v) is 6.67. The number of methoxy groups -OCH3 is 1. The molecule has 0 saturated heterocycles. The Balaban J connectivity index is 2.34. The lowest BCUT2D eigenvalue weighted by Gasteiger charge is -2.34. The zero-order valence-electron chi connectivity index (χ0n) is 14.2. The van der Waals surface area contributed by atoms with Crippen LogP contribution in [0.1, 0.15) is 13.8 Å². The maximum atomic E-state index is 11.6. The molecule has 0 bridgehead atoms. The summed E-state index contributed by atoms with van der Waals surface area (Å²) in [5, 5.41) is 9.38. The molecule has 25 heavy (non-hydrogen) atoms. The van der Waals surface area contributed by atoms with Crippen LogP contribution < -0.4 is 9.04 Å². The van der Waals surface area contributed by atoms with Gasteiger partial charge in [-0.15, -0.1) is 0 Å². The Hall–Kier alpha value is -2.38. The van der Waals surface area contributed by atoms with Gasteiger partial charge in [-0.1, -0.05) is 38.1 Å². The quantitative estimate of drug-likeness (QED) is 0.765. The number of hydrogen-bond acceptors (Lipinski definition) is 4. The molecule has 2 aromatic rings. The summed E-state index contributed by atoms with van der Waals surface area (Å²) < 4.78 is 29.3. The van der Waals surface area contributed by atoms with Crippen LogP contribution in [0.3, 0.4) is 0 Å². The Morgan fingerprint density at radius 2 is 1.56 bits per heavy atom. The van der Waals surface area contributed by atoms with Crippen LogP contribution in [-0.4, -0.2) is 33.0 Å². The van der Waals surface area contributed by atoms with Gasteiger partial charge < -0.3 is 14.4 Å². The van der Waals surface area contributed by atoms with Crippen LogP contribution in [0.2, 0.25) is 0 Å². The number of carboxylic acids is 1. The fourth-order valence-electron chi connectivity index (χ4n) is 2.58. The first-order valence-corrected chi connectivity index (χ1v) is 8.74. The van der Waals surface area contributed by atoms with E-state index in [1.165, 1.54) is 0 Å². The van der Waals surface area contributed by atoms with Crippen molar-refractivity contribution in [1.29, 1.82) is 0 Å². The van der Waals surface area contributed by atoms with Gasteiger partial charge in [0.25, 0.3) is 0 Å². The van der Waals surface area contributed by atoms with Gasteiger partial charge >= 0.3 is 5.97 Å². The molecule has 2 unspecified atom stereocenters. The van der Waals surface area contributed by atoms with Crippen molar-refractivity contribution in [3.05, 3.63) is 48.5 Å². The first kappa shape index (κ1) is 19.0. The van der Waals surface area contributed by atoms with Crippen LogP contribution in [0.5, 0.6) is 5.75 Å². The first-order valence-electron chi connectivity index (χ1n) is 7.71. The molecule has 2 atom stereocenters. The molecule has 0 aliphatic carbocycles. The molecule has 6 nitrogen and oxygen atoms in total. The maximum Gasteiger partial charge on any atom is 0.327 e. The molecule has 7 heteroatoms. The highest BCUT2D eigenvalue weighted by molar-refractivity contribution is 7.80. The molecule has 1 N–H and O–H groups in total. The Morgan fingerprint density at radius 3 is 1.92 bits per heavy atom. The van der Waals surface area contributed by atoms with E-state index in [4.69, 9.17) is 4.74 Å². The van der Waals surface area contributed by atoms with Gasteiger partial charge in [0.05, 0.1) is 7.11 Å².